The van der Waals surface area contributed by atoms with Gasteiger partial charge in [0.1, 0.15) is 4.84 Å². The summed E-state index contributed by atoms with van der Waals surface area (Å²) in [4.78, 5) is 12.1. The Labute approximate surface area is 183 Å². The van der Waals surface area contributed by atoms with Gasteiger partial charge in [0.2, 0.25) is 5.91 Å². The van der Waals surface area contributed by atoms with Gasteiger partial charge < -0.3 is 5.32 Å². The molecule has 3 rings (SSSR count). The summed E-state index contributed by atoms with van der Waals surface area (Å²) < 4.78 is 0. The number of thioether (sulfide) groups is 1. The highest BCUT2D eigenvalue weighted by Gasteiger charge is 2.40. The summed E-state index contributed by atoms with van der Waals surface area (Å²) in [6.45, 7) is 0.570. The molecule has 0 aliphatic heterocycles. The van der Waals surface area contributed by atoms with E-state index in [-0.39, 0.29) is 17.7 Å². The van der Waals surface area contributed by atoms with Crippen molar-refractivity contribution in [2.24, 2.45) is 5.92 Å². The van der Waals surface area contributed by atoms with Crippen molar-refractivity contribution in [1.82, 2.24) is 5.32 Å². The minimum atomic E-state index is -0.610. The quantitative estimate of drug-likeness (QED) is 0.397. The van der Waals surface area contributed by atoms with E-state index >= 15 is 0 Å². The molecule has 1 N–H and O–H groups in total. The maximum atomic E-state index is 12.7. The molecule has 0 spiro atoms. The molecule has 0 aromatic heterocycles. The van der Waals surface area contributed by atoms with E-state index in [1.54, 1.807) is 11.8 Å². The second-order valence-corrected chi connectivity index (χ2v) is 9.50. The first kappa shape index (κ1) is 21.1. The number of carbonyl (C=O) groups excluding carboxylic acids is 1. The molecule has 27 heavy (non-hydrogen) atoms. The number of benzene rings is 2. The summed E-state index contributed by atoms with van der Waals surface area (Å²) in [5.41, 5.74) is 3.16. The molecule has 2 aromatic carbocycles. The number of alkyl halides is 2. The number of hydrogen-bond acceptors (Lipinski definition) is 2. The zero-order chi connectivity index (χ0) is 19.4. The molecule has 1 aliphatic carbocycles. The summed E-state index contributed by atoms with van der Waals surface area (Å²) in [5.74, 6) is 1.07. The molecule has 2 nitrogen and oxygen atoms in total. The van der Waals surface area contributed by atoms with E-state index in [0.29, 0.717) is 28.8 Å². The fourth-order valence-electron chi connectivity index (χ4n) is 3.41. The highest BCUT2D eigenvalue weighted by atomic mass is 35.5. The lowest BCUT2D eigenvalue weighted by molar-refractivity contribution is -0.125. The standard InChI is InChI=1S/C20H19Cl4NOS/c21-16-6-3-7-17(22)15(16)11-27-9-8-25-20(26)14-10-12-4-1-2-5-13(12)18(14)19(23)24/h1-7,14,18-19H,8-11H2,(H,25,26)/t14-,18-/m0/s1. The first-order valence-corrected chi connectivity index (χ1v) is 11.4. The van der Waals surface area contributed by atoms with Crippen molar-refractivity contribution in [3.63, 3.8) is 0 Å². The van der Waals surface area contributed by atoms with Gasteiger partial charge in [-0.1, -0.05) is 53.5 Å². The van der Waals surface area contributed by atoms with Crippen molar-refractivity contribution in [2.75, 3.05) is 12.3 Å². The van der Waals surface area contributed by atoms with Gasteiger partial charge in [-0.05, 0) is 35.2 Å². The Bertz CT molecular complexity index is 794. The van der Waals surface area contributed by atoms with Crippen LogP contribution in [0.25, 0.3) is 0 Å². The average molecular weight is 463 g/mol. The van der Waals surface area contributed by atoms with E-state index in [1.165, 1.54) is 0 Å². The maximum Gasteiger partial charge on any atom is 0.224 e. The Morgan fingerprint density at radius 2 is 1.81 bits per heavy atom. The van der Waals surface area contributed by atoms with Crippen LogP contribution < -0.4 is 5.32 Å². The van der Waals surface area contributed by atoms with E-state index in [1.807, 2.05) is 42.5 Å². The minimum Gasteiger partial charge on any atom is -0.355 e. The van der Waals surface area contributed by atoms with Crippen LogP contribution >= 0.6 is 58.2 Å². The van der Waals surface area contributed by atoms with Gasteiger partial charge in [-0.25, -0.2) is 0 Å². The van der Waals surface area contributed by atoms with Crippen LogP contribution in [-0.4, -0.2) is 23.0 Å². The van der Waals surface area contributed by atoms with Crippen molar-refractivity contribution < 1.29 is 4.79 Å². The second-order valence-electron chi connectivity index (χ2n) is 6.41. The molecule has 2 aromatic rings. The summed E-state index contributed by atoms with van der Waals surface area (Å²) in [5, 5.41) is 4.35. The molecule has 0 saturated heterocycles. The number of carbonyl (C=O) groups is 1. The molecular weight excluding hydrogens is 444 g/mol. The van der Waals surface area contributed by atoms with Crippen LogP contribution in [0.4, 0.5) is 0 Å². The highest BCUT2D eigenvalue weighted by molar-refractivity contribution is 7.98. The van der Waals surface area contributed by atoms with Crippen molar-refractivity contribution in [3.05, 3.63) is 69.2 Å². The van der Waals surface area contributed by atoms with E-state index in [2.05, 4.69) is 5.32 Å². The maximum absolute atomic E-state index is 12.7. The Hall–Kier alpha value is -0.580. The summed E-state index contributed by atoms with van der Waals surface area (Å²) in [6, 6.07) is 13.5. The number of nitrogens with one attached hydrogen (secondary N) is 1. The number of amides is 1. The number of halogens is 4. The molecule has 0 saturated carbocycles. The minimum absolute atomic E-state index is 0.00104. The van der Waals surface area contributed by atoms with E-state index in [4.69, 9.17) is 46.4 Å². The van der Waals surface area contributed by atoms with Crippen LogP contribution in [0.3, 0.4) is 0 Å². The van der Waals surface area contributed by atoms with Crippen LogP contribution in [0.5, 0.6) is 0 Å². The third kappa shape index (κ3) is 5.07. The Balaban J connectivity index is 1.50. The fraction of sp³-hybridized carbons (Fsp3) is 0.350. The van der Waals surface area contributed by atoms with Gasteiger partial charge in [-0.15, -0.1) is 23.2 Å². The smallest absolute Gasteiger partial charge is 0.224 e. The SMILES string of the molecule is O=C(NCCSCc1c(Cl)cccc1Cl)[C@H]1Cc2ccccc2[C@@H]1C(Cl)Cl. The second kappa shape index (κ2) is 9.76. The normalized spacial score (nSPS) is 18.6. The lowest BCUT2D eigenvalue weighted by Crippen LogP contribution is -2.35. The first-order valence-electron chi connectivity index (χ1n) is 8.63. The molecule has 0 fully saturated rings. The predicted octanol–water partition coefficient (Wildman–Crippen LogP) is 6.10. The Morgan fingerprint density at radius 1 is 1.11 bits per heavy atom. The topological polar surface area (TPSA) is 29.1 Å². The van der Waals surface area contributed by atoms with Crippen LogP contribution in [-0.2, 0) is 17.0 Å². The molecule has 0 bridgehead atoms. The molecule has 0 heterocycles. The van der Waals surface area contributed by atoms with E-state index < -0.39 is 4.84 Å². The molecule has 2 atom stereocenters. The van der Waals surface area contributed by atoms with Crippen molar-refractivity contribution in [2.45, 2.75) is 22.9 Å². The van der Waals surface area contributed by atoms with Gasteiger partial charge >= 0.3 is 0 Å². The number of rotatable bonds is 7. The molecule has 0 unspecified atom stereocenters. The summed E-state index contributed by atoms with van der Waals surface area (Å²) in [7, 11) is 0. The van der Waals surface area contributed by atoms with Crippen LogP contribution in [0, 0.1) is 5.92 Å². The molecule has 144 valence electrons. The van der Waals surface area contributed by atoms with E-state index in [9.17, 15) is 4.79 Å². The van der Waals surface area contributed by atoms with Gasteiger partial charge in [0.25, 0.3) is 0 Å². The molecule has 0 radical (unpaired) electrons. The molecule has 1 aliphatic rings. The lowest BCUT2D eigenvalue weighted by Gasteiger charge is -2.21. The highest BCUT2D eigenvalue weighted by Crippen LogP contribution is 2.43. The van der Waals surface area contributed by atoms with Crippen molar-refractivity contribution >= 4 is 64.1 Å². The van der Waals surface area contributed by atoms with Gasteiger partial charge in [-0.2, -0.15) is 11.8 Å². The third-order valence-electron chi connectivity index (χ3n) is 4.75. The molecular formula is C20H19Cl4NOS. The van der Waals surface area contributed by atoms with Gasteiger partial charge in [0, 0.05) is 34.0 Å². The number of hydrogen-bond donors (Lipinski definition) is 1. The average Bonchev–Trinajstić information content (AvgIpc) is 3.03. The zero-order valence-corrected chi connectivity index (χ0v) is 18.3. The first-order chi connectivity index (χ1) is 13.0. The molecule has 1 amide bonds. The summed E-state index contributed by atoms with van der Waals surface area (Å²) in [6.07, 6.45) is 0.672. The van der Waals surface area contributed by atoms with Crippen molar-refractivity contribution in [3.8, 4) is 0 Å². The van der Waals surface area contributed by atoms with Crippen LogP contribution in [0.1, 0.15) is 22.6 Å². The van der Waals surface area contributed by atoms with Crippen LogP contribution in [0.15, 0.2) is 42.5 Å². The fourth-order valence-corrected chi connectivity index (χ4v) is 5.63. The van der Waals surface area contributed by atoms with Crippen LogP contribution in [0.2, 0.25) is 10.0 Å². The monoisotopic (exact) mass is 461 g/mol. The third-order valence-corrected chi connectivity index (χ3v) is 6.99. The Morgan fingerprint density at radius 3 is 2.52 bits per heavy atom. The number of fused-ring (bicyclic) bond motifs is 1. The zero-order valence-electron chi connectivity index (χ0n) is 14.4. The largest absolute Gasteiger partial charge is 0.355 e. The van der Waals surface area contributed by atoms with Crippen molar-refractivity contribution in [1.29, 1.82) is 0 Å². The molecule has 7 heteroatoms. The predicted molar refractivity (Wildman–Crippen MR) is 118 cm³/mol. The van der Waals surface area contributed by atoms with E-state index in [0.717, 1.165) is 22.4 Å². The summed E-state index contributed by atoms with van der Waals surface area (Å²) >= 11 is 26.4. The Kier molecular flexibility index (Phi) is 7.64. The van der Waals surface area contributed by atoms with Gasteiger partial charge in [-0.3, -0.25) is 4.79 Å². The van der Waals surface area contributed by atoms with Gasteiger partial charge in [0.05, 0.1) is 5.92 Å². The van der Waals surface area contributed by atoms with Gasteiger partial charge in [0.15, 0.2) is 0 Å². The lowest BCUT2D eigenvalue weighted by atomic mass is 9.93.